The molecule has 1 aliphatic heterocycles. The van der Waals surface area contributed by atoms with E-state index < -0.39 is 17.9 Å². The van der Waals surface area contributed by atoms with E-state index in [1.807, 2.05) is 6.92 Å². The Labute approximate surface area is 171 Å². The maximum Gasteiger partial charge on any atom is 0.254 e. The lowest BCUT2D eigenvalue weighted by Gasteiger charge is -2.17. The number of carbonyl (C=O) groups excluding carboxylic acids is 4. The summed E-state index contributed by atoms with van der Waals surface area (Å²) in [5.41, 5.74) is 0. The van der Waals surface area contributed by atoms with Crippen LogP contribution in [0.1, 0.15) is 20.3 Å². The largest absolute Gasteiger partial charge is 0.396 e. The lowest BCUT2D eigenvalue weighted by atomic mass is 10.2. The zero-order chi connectivity index (χ0) is 22.7. The van der Waals surface area contributed by atoms with Gasteiger partial charge in [0.1, 0.15) is 6.10 Å². The third-order valence-corrected chi connectivity index (χ3v) is 3.34. The second-order valence-electron chi connectivity index (χ2n) is 5.36. The number of aliphatic hydroxyl groups is 1. The molecule has 1 atom stereocenters. The highest BCUT2D eigenvalue weighted by Gasteiger charge is 2.27. The lowest BCUT2D eigenvalue weighted by molar-refractivity contribution is -0.143. The zero-order valence-electron chi connectivity index (χ0n) is 17.4. The van der Waals surface area contributed by atoms with Crippen LogP contribution in [-0.2, 0) is 28.7 Å². The fourth-order valence-corrected chi connectivity index (χ4v) is 1.75. The van der Waals surface area contributed by atoms with E-state index in [4.69, 9.17) is 14.6 Å². The first-order valence-corrected chi connectivity index (χ1v) is 9.15. The standard InChI is InChI=1S/C13H20N2O5.C4H9NO2.C2H4/c1-3-19-9-14-6-7-20-10(2)11(16)8-15-12(17)4-5-13(15)18;1-5-4(7)2-3-6;1-2/h4-5,10,14H,3,6-9H2,1-2H3;6H,2-3H2,1H3,(H,5,7);1-2H2. The van der Waals surface area contributed by atoms with Crippen molar-refractivity contribution in [2.75, 3.05) is 46.7 Å². The molecule has 3 amide bonds. The van der Waals surface area contributed by atoms with Gasteiger partial charge in [0, 0.05) is 38.8 Å². The number of Topliss-reactive ketones (excluding diaryl/α,β-unsaturated/α-hetero) is 1. The molecule has 0 radical (unpaired) electrons. The molecule has 1 unspecified atom stereocenters. The second-order valence-corrected chi connectivity index (χ2v) is 5.36. The minimum Gasteiger partial charge on any atom is -0.396 e. The van der Waals surface area contributed by atoms with Crippen LogP contribution in [0.25, 0.3) is 0 Å². The van der Waals surface area contributed by atoms with E-state index in [9.17, 15) is 19.2 Å². The van der Waals surface area contributed by atoms with Gasteiger partial charge in [-0.15, -0.1) is 13.2 Å². The van der Waals surface area contributed by atoms with Crippen LogP contribution in [0.4, 0.5) is 0 Å². The van der Waals surface area contributed by atoms with Gasteiger partial charge in [-0.05, 0) is 13.8 Å². The predicted octanol–water partition coefficient (Wildman–Crippen LogP) is -0.614. The van der Waals surface area contributed by atoms with Crippen LogP contribution in [-0.4, -0.2) is 86.3 Å². The Hall–Kier alpha value is -2.40. The fraction of sp³-hybridized carbons (Fsp3) is 0.579. The summed E-state index contributed by atoms with van der Waals surface area (Å²) in [5, 5.41) is 13.5. The average Bonchev–Trinajstić information content (AvgIpc) is 3.04. The van der Waals surface area contributed by atoms with Gasteiger partial charge < -0.3 is 19.9 Å². The van der Waals surface area contributed by atoms with Crippen LogP contribution in [0.2, 0.25) is 0 Å². The highest BCUT2D eigenvalue weighted by Crippen LogP contribution is 2.05. The number of nitrogens with one attached hydrogen (secondary N) is 2. The van der Waals surface area contributed by atoms with Gasteiger partial charge in [-0.3, -0.25) is 29.4 Å². The van der Waals surface area contributed by atoms with Crippen molar-refractivity contribution in [1.82, 2.24) is 15.5 Å². The molecule has 0 aromatic heterocycles. The molecular formula is C19H33N3O7. The van der Waals surface area contributed by atoms with Crippen molar-refractivity contribution in [3.63, 3.8) is 0 Å². The van der Waals surface area contributed by atoms with E-state index >= 15 is 0 Å². The smallest absolute Gasteiger partial charge is 0.254 e. The van der Waals surface area contributed by atoms with Crippen molar-refractivity contribution in [3.8, 4) is 0 Å². The van der Waals surface area contributed by atoms with E-state index in [0.717, 1.165) is 17.1 Å². The number of nitrogens with zero attached hydrogens (tertiary/aromatic N) is 1. The molecule has 3 N–H and O–H groups in total. The summed E-state index contributed by atoms with van der Waals surface area (Å²) in [6.07, 6.45) is 1.85. The molecule has 10 nitrogen and oxygen atoms in total. The van der Waals surface area contributed by atoms with Crippen molar-refractivity contribution < 1.29 is 33.8 Å². The number of carbonyl (C=O) groups is 4. The molecule has 0 fully saturated rings. The summed E-state index contributed by atoms with van der Waals surface area (Å²) in [4.78, 5) is 45.5. The summed E-state index contributed by atoms with van der Waals surface area (Å²) in [7, 11) is 1.54. The van der Waals surface area contributed by atoms with Crippen molar-refractivity contribution in [2.45, 2.75) is 26.4 Å². The molecule has 1 aliphatic rings. The molecular weight excluding hydrogens is 382 g/mol. The number of rotatable bonds is 12. The molecule has 0 spiro atoms. The number of imide groups is 1. The van der Waals surface area contributed by atoms with E-state index in [-0.39, 0.29) is 31.3 Å². The monoisotopic (exact) mass is 415 g/mol. The van der Waals surface area contributed by atoms with Gasteiger partial charge in [0.15, 0.2) is 5.78 Å². The van der Waals surface area contributed by atoms with Crippen LogP contribution in [0, 0.1) is 0 Å². The topological polar surface area (TPSA) is 134 Å². The van der Waals surface area contributed by atoms with Crippen LogP contribution in [0.15, 0.2) is 25.3 Å². The quantitative estimate of drug-likeness (QED) is 0.166. The summed E-state index contributed by atoms with van der Waals surface area (Å²) < 4.78 is 10.4. The Kier molecular flexibility index (Phi) is 18.8. The maximum absolute atomic E-state index is 11.8. The summed E-state index contributed by atoms with van der Waals surface area (Å²) in [6, 6.07) is 0. The Balaban J connectivity index is 0. The number of ether oxygens (including phenoxy) is 2. The van der Waals surface area contributed by atoms with Gasteiger partial charge in [0.05, 0.1) is 26.5 Å². The van der Waals surface area contributed by atoms with Gasteiger partial charge in [-0.25, -0.2) is 0 Å². The van der Waals surface area contributed by atoms with E-state index in [1.165, 1.54) is 7.05 Å². The Morgan fingerprint density at radius 1 is 1.24 bits per heavy atom. The molecule has 0 aromatic carbocycles. The zero-order valence-corrected chi connectivity index (χ0v) is 17.4. The van der Waals surface area contributed by atoms with Gasteiger partial charge in [-0.1, -0.05) is 0 Å². The molecule has 0 saturated carbocycles. The van der Waals surface area contributed by atoms with Crippen LogP contribution >= 0.6 is 0 Å². The van der Waals surface area contributed by atoms with Crippen LogP contribution in [0.5, 0.6) is 0 Å². The second kappa shape index (κ2) is 18.9. The first kappa shape index (κ1) is 28.8. The van der Waals surface area contributed by atoms with Gasteiger partial charge in [0.2, 0.25) is 5.91 Å². The number of ketones is 1. The maximum atomic E-state index is 11.8. The predicted molar refractivity (Wildman–Crippen MR) is 108 cm³/mol. The minimum atomic E-state index is -0.662. The van der Waals surface area contributed by atoms with Crippen LogP contribution in [0.3, 0.4) is 0 Å². The fourth-order valence-electron chi connectivity index (χ4n) is 1.75. The van der Waals surface area contributed by atoms with Crippen LogP contribution < -0.4 is 10.6 Å². The SMILES string of the molecule is C=C.CCOCNCCOC(C)C(=O)CN1C(=O)C=CC1=O.CNC(=O)CCO. The normalized spacial score (nSPS) is 13.2. The Morgan fingerprint density at radius 2 is 1.83 bits per heavy atom. The average molecular weight is 415 g/mol. The molecule has 1 rings (SSSR count). The summed E-state index contributed by atoms with van der Waals surface area (Å²) in [5.74, 6) is -1.36. The lowest BCUT2D eigenvalue weighted by Crippen LogP contribution is -2.39. The van der Waals surface area contributed by atoms with Crippen molar-refractivity contribution in [2.24, 2.45) is 0 Å². The molecule has 10 heteroatoms. The van der Waals surface area contributed by atoms with Gasteiger partial charge in [0.25, 0.3) is 11.8 Å². The van der Waals surface area contributed by atoms with Gasteiger partial charge in [-0.2, -0.15) is 0 Å². The first-order valence-electron chi connectivity index (χ1n) is 9.15. The van der Waals surface area contributed by atoms with E-state index in [2.05, 4.69) is 23.8 Å². The number of hydrogen-bond acceptors (Lipinski definition) is 8. The summed E-state index contributed by atoms with van der Waals surface area (Å²) >= 11 is 0. The van der Waals surface area contributed by atoms with Gasteiger partial charge >= 0.3 is 0 Å². The van der Waals surface area contributed by atoms with E-state index in [0.29, 0.717) is 26.5 Å². The van der Waals surface area contributed by atoms with Crippen molar-refractivity contribution in [1.29, 1.82) is 0 Å². The molecule has 29 heavy (non-hydrogen) atoms. The first-order chi connectivity index (χ1) is 13.9. The third kappa shape index (κ3) is 14.3. The number of hydrogen-bond donors (Lipinski definition) is 3. The Bertz CT molecular complexity index is 520. The number of amides is 3. The van der Waals surface area contributed by atoms with Crippen molar-refractivity contribution in [3.05, 3.63) is 25.3 Å². The third-order valence-electron chi connectivity index (χ3n) is 3.34. The molecule has 0 aliphatic carbocycles. The number of aliphatic hydroxyl groups excluding tert-OH is 1. The minimum absolute atomic E-state index is 0.0698. The van der Waals surface area contributed by atoms with E-state index in [1.54, 1.807) is 6.92 Å². The molecule has 1 heterocycles. The molecule has 0 saturated heterocycles. The molecule has 0 aromatic rings. The van der Waals surface area contributed by atoms with Crippen molar-refractivity contribution >= 4 is 23.5 Å². The molecule has 166 valence electrons. The highest BCUT2D eigenvalue weighted by atomic mass is 16.5. The molecule has 0 bridgehead atoms. The summed E-state index contributed by atoms with van der Waals surface area (Å²) in [6.45, 7) is 11.1. The Morgan fingerprint density at radius 3 is 2.28 bits per heavy atom. The highest BCUT2D eigenvalue weighted by molar-refractivity contribution is 6.14.